The molecule has 110 valence electrons. The molecule has 0 atom stereocenters. The van der Waals surface area contributed by atoms with Gasteiger partial charge in [-0.05, 0) is 12.1 Å². The van der Waals surface area contributed by atoms with Gasteiger partial charge in [0.2, 0.25) is 0 Å². The van der Waals surface area contributed by atoms with Gasteiger partial charge in [-0.15, -0.1) is 5.10 Å². The van der Waals surface area contributed by atoms with Gasteiger partial charge in [-0.25, -0.2) is 4.79 Å². The maximum Gasteiger partial charge on any atom is 0.337 e. The Labute approximate surface area is 119 Å². The third kappa shape index (κ3) is 3.53. The van der Waals surface area contributed by atoms with Crippen molar-refractivity contribution in [3.8, 4) is 0 Å². The Morgan fingerprint density at radius 1 is 1.52 bits per heavy atom. The third-order valence-corrected chi connectivity index (χ3v) is 2.74. The molecule has 1 N–H and O–H groups in total. The molecule has 0 amide bonds. The standard InChI is InChI=1S/C12H13N5O4/c1-21-12(18)9-2-3-11(17(19)20)10(8-9)13-4-6-16-7-5-14-15-16/h2-3,5,7-8,13H,4,6H2,1H3. The number of nitro benzene ring substituents is 1. The van der Waals surface area contributed by atoms with Crippen LogP contribution in [0.15, 0.2) is 30.6 Å². The molecule has 0 aliphatic rings. The topological polar surface area (TPSA) is 112 Å². The highest BCUT2D eigenvalue weighted by atomic mass is 16.6. The lowest BCUT2D eigenvalue weighted by atomic mass is 10.1. The molecule has 0 spiro atoms. The molecule has 2 aromatic rings. The number of nitrogens with zero attached hydrogens (tertiary/aromatic N) is 4. The molecule has 0 unspecified atom stereocenters. The van der Waals surface area contributed by atoms with Gasteiger partial charge in [0.05, 0.1) is 30.3 Å². The van der Waals surface area contributed by atoms with Gasteiger partial charge in [-0.1, -0.05) is 5.21 Å². The van der Waals surface area contributed by atoms with E-state index in [-0.39, 0.29) is 16.9 Å². The Bertz CT molecular complexity index is 641. The Morgan fingerprint density at radius 3 is 2.95 bits per heavy atom. The third-order valence-electron chi connectivity index (χ3n) is 2.74. The molecule has 2 rings (SSSR count). The first-order chi connectivity index (χ1) is 10.1. The molecule has 0 saturated heterocycles. The summed E-state index contributed by atoms with van der Waals surface area (Å²) in [6, 6.07) is 4.02. The molecule has 9 heteroatoms. The summed E-state index contributed by atoms with van der Waals surface area (Å²) in [7, 11) is 1.25. The van der Waals surface area contributed by atoms with E-state index in [0.29, 0.717) is 13.1 Å². The van der Waals surface area contributed by atoms with Crippen LogP contribution in [0.4, 0.5) is 11.4 Å². The van der Waals surface area contributed by atoms with Crippen molar-refractivity contribution in [2.45, 2.75) is 6.54 Å². The zero-order chi connectivity index (χ0) is 15.2. The first-order valence-electron chi connectivity index (χ1n) is 6.06. The second kappa shape index (κ2) is 6.46. The summed E-state index contributed by atoms with van der Waals surface area (Å²) in [5.41, 5.74) is 0.385. The molecule has 0 fully saturated rings. The number of benzene rings is 1. The van der Waals surface area contributed by atoms with E-state index in [1.165, 1.54) is 25.3 Å². The SMILES string of the molecule is COC(=O)c1ccc([N+](=O)[O-])c(NCCn2ccnn2)c1. The molecule has 0 aliphatic carbocycles. The second-order valence-electron chi connectivity index (χ2n) is 4.07. The monoisotopic (exact) mass is 291 g/mol. The summed E-state index contributed by atoms with van der Waals surface area (Å²) in [4.78, 5) is 21.9. The summed E-state index contributed by atoms with van der Waals surface area (Å²) in [5.74, 6) is -0.552. The van der Waals surface area contributed by atoms with Gasteiger partial charge in [-0.2, -0.15) is 0 Å². The summed E-state index contributed by atoms with van der Waals surface area (Å²) >= 11 is 0. The number of rotatable bonds is 6. The fourth-order valence-electron chi connectivity index (χ4n) is 1.74. The van der Waals surface area contributed by atoms with E-state index < -0.39 is 10.9 Å². The summed E-state index contributed by atoms with van der Waals surface area (Å²) < 4.78 is 6.18. The minimum Gasteiger partial charge on any atom is -0.465 e. The Morgan fingerprint density at radius 2 is 2.33 bits per heavy atom. The van der Waals surface area contributed by atoms with Gasteiger partial charge in [0.1, 0.15) is 5.69 Å². The van der Waals surface area contributed by atoms with Crippen LogP contribution in [-0.2, 0) is 11.3 Å². The van der Waals surface area contributed by atoms with Crippen molar-refractivity contribution >= 4 is 17.3 Å². The number of hydrogen-bond acceptors (Lipinski definition) is 7. The quantitative estimate of drug-likeness (QED) is 0.481. The fourth-order valence-corrected chi connectivity index (χ4v) is 1.74. The molecule has 9 nitrogen and oxygen atoms in total. The zero-order valence-corrected chi connectivity index (χ0v) is 11.2. The predicted molar refractivity (Wildman–Crippen MR) is 72.9 cm³/mol. The van der Waals surface area contributed by atoms with E-state index in [1.807, 2.05) is 0 Å². The van der Waals surface area contributed by atoms with Crippen LogP contribution in [0, 0.1) is 10.1 Å². The van der Waals surface area contributed by atoms with E-state index in [9.17, 15) is 14.9 Å². The van der Waals surface area contributed by atoms with E-state index in [1.54, 1.807) is 17.1 Å². The van der Waals surface area contributed by atoms with Crippen LogP contribution >= 0.6 is 0 Å². The molecule has 1 aromatic carbocycles. The van der Waals surface area contributed by atoms with Crippen molar-refractivity contribution in [2.75, 3.05) is 19.0 Å². The van der Waals surface area contributed by atoms with Crippen molar-refractivity contribution in [3.05, 3.63) is 46.3 Å². The lowest BCUT2D eigenvalue weighted by molar-refractivity contribution is -0.384. The van der Waals surface area contributed by atoms with Gasteiger partial charge in [0, 0.05) is 18.8 Å². The van der Waals surface area contributed by atoms with E-state index in [4.69, 9.17) is 0 Å². The average molecular weight is 291 g/mol. The lowest BCUT2D eigenvalue weighted by Gasteiger charge is -2.08. The highest BCUT2D eigenvalue weighted by Gasteiger charge is 2.16. The highest BCUT2D eigenvalue weighted by Crippen LogP contribution is 2.25. The van der Waals surface area contributed by atoms with Crippen LogP contribution in [-0.4, -0.2) is 39.5 Å². The maximum atomic E-state index is 11.5. The van der Waals surface area contributed by atoms with Crippen LogP contribution in [0.3, 0.4) is 0 Å². The first kappa shape index (κ1) is 14.4. The number of anilines is 1. The van der Waals surface area contributed by atoms with Crippen molar-refractivity contribution < 1.29 is 14.5 Å². The van der Waals surface area contributed by atoms with E-state index >= 15 is 0 Å². The van der Waals surface area contributed by atoms with Crippen LogP contribution in [0.2, 0.25) is 0 Å². The number of carbonyl (C=O) groups is 1. The molecule has 21 heavy (non-hydrogen) atoms. The lowest BCUT2D eigenvalue weighted by Crippen LogP contribution is -2.13. The molecule has 0 bridgehead atoms. The zero-order valence-electron chi connectivity index (χ0n) is 11.2. The predicted octanol–water partition coefficient (Wildman–Crippen LogP) is 1.08. The molecule has 0 saturated carbocycles. The van der Waals surface area contributed by atoms with Gasteiger partial charge in [0.25, 0.3) is 5.69 Å². The summed E-state index contributed by atoms with van der Waals surface area (Å²) in [6.07, 6.45) is 3.22. The molecule has 1 heterocycles. The minimum absolute atomic E-state index is 0.110. The molecule has 1 aromatic heterocycles. The Kier molecular flexibility index (Phi) is 4.44. The number of esters is 1. The minimum atomic E-state index is -0.552. The number of methoxy groups -OCH3 is 1. The first-order valence-corrected chi connectivity index (χ1v) is 6.06. The van der Waals surface area contributed by atoms with E-state index in [2.05, 4.69) is 20.4 Å². The molecule has 0 radical (unpaired) electrons. The fraction of sp³-hybridized carbons (Fsp3) is 0.250. The van der Waals surface area contributed by atoms with Crippen molar-refractivity contribution in [1.82, 2.24) is 15.0 Å². The van der Waals surface area contributed by atoms with Crippen molar-refractivity contribution in [2.24, 2.45) is 0 Å². The van der Waals surface area contributed by atoms with Gasteiger partial charge >= 0.3 is 5.97 Å². The Balaban J connectivity index is 2.14. The molecule has 0 aliphatic heterocycles. The van der Waals surface area contributed by atoms with Crippen molar-refractivity contribution in [1.29, 1.82) is 0 Å². The Hall–Kier alpha value is -2.97. The van der Waals surface area contributed by atoms with Gasteiger partial charge in [-0.3, -0.25) is 14.8 Å². The average Bonchev–Trinajstić information content (AvgIpc) is 2.99. The summed E-state index contributed by atoms with van der Waals surface area (Å²) in [5, 5.41) is 21.3. The van der Waals surface area contributed by atoms with Gasteiger partial charge in [0.15, 0.2) is 0 Å². The number of nitro groups is 1. The smallest absolute Gasteiger partial charge is 0.337 e. The van der Waals surface area contributed by atoms with Crippen LogP contribution in [0.25, 0.3) is 0 Å². The van der Waals surface area contributed by atoms with Crippen LogP contribution < -0.4 is 5.32 Å². The molecular formula is C12H13N5O4. The number of nitrogens with one attached hydrogen (secondary N) is 1. The largest absolute Gasteiger partial charge is 0.465 e. The number of ether oxygens (including phenoxy) is 1. The maximum absolute atomic E-state index is 11.5. The van der Waals surface area contributed by atoms with E-state index in [0.717, 1.165) is 0 Å². The summed E-state index contributed by atoms with van der Waals surface area (Å²) in [6.45, 7) is 0.883. The normalized spacial score (nSPS) is 10.1. The van der Waals surface area contributed by atoms with Crippen LogP contribution in [0.1, 0.15) is 10.4 Å². The van der Waals surface area contributed by atoms with Crippen molar-refractivity contribution in [3.63, 3.8) is 0 Å². The molecular weight excluding hydrogens is 278 g/mol. The number of hydrogen-bond donors (Lipinski definition) is 1. The van der Waals surface area contributed by atoms with Crippen LogP contribution in [0.5, 0.6) is 0 Å². The highest BCUT2D eigenvalue weighted by molar-refractivity contribution is 5.91. The second-order valence-corrected chi connectivity index (χ2v) is 4.07. The number of aromatic nitrogens is 3. The number of carbonyl (C=O) groups excluding carboxylic acids is 1. The van der Waals surface area contributed by atoms with Gasteiger partial charge < -0.3 is 10.1 Å².